The Hall–Kier alpha value is -1.94. The Morgan fingerprint density at radius 2 is 0.469 bits per heavy atom. The van der Waals surface area contributed by atoms with E-state index >= 15 is 0 Å². The number of carbonyl (C=O) groups excluding carboxylic acids is 4. The normalized spacial score (nSPS) is 13.9. The molecule has 17 nitrogen and oxygen atoms in total. The topological polar surface area (TPSA) is 237 Å². The number of aliphatic hydroxyl groups excluding tert-OH is 1. The SMILES string of the molecule is CCCCCCCCCCCCCCCCCCCCCCC(=O)OC[C@H](COP(=O)(O)OC[C@@H](O)COP(=O)(O)OC[C@@H](COC(=O)CCCCCCC)OC(=O)CCCCCCCCCCCC(C)C)OC(=O)CCCCCCCCCCCCCCCCCCCCC(C)C. The van der Waals surface area contributed by atoms with E-state index in [1.807, 2.05) is 0 Å². The predicted molar refractivity (Wildman–Crippen MR) is 400 cm³/mol. The van der Waals surface area contributed by atoms with Gasteiger partial charge in [-0.1, -0.05) is 363 Å². The van der Waals surface area contributed by atoms with Crippen LogP contribution in [-0.4, -0.2) is 96.7 Å². The van der Waals surface area contributed by atoms with Crippen molar-refractivity contribution in [2.24, 2.45) is 11.8 Å². The third-order valence-electron chi connectivity index (χ3n) is 18.5. The molecule has 0 aromatic heterocycles. The number of ether oxygens (including phenoxy) is 4. The molecule has 0 spiro atoms. The van der Waals surface area contributed by atoms with Crippen LogP contribution in [0.25, 0.3) is 0 Å². The smallest absolute Gasteiger partial charge is 0.462 e. The zero-order chi connectivity index (χ0) is 72.1. The van der Waals surface area contributed by atoms with Gasteiger partial charge in [0.05, 0.1) is 26.4 Å². The van der Waals surface area contributed by atoms with Crippen molar-refractivity contribution >= 4 is 39.5 Å². The van der Waals surface area contributed by atoms with E-state index in [1.165, 1.54) is 225 Å². The van der Waals surface area contributed by atoms with Crippen molar-refractivity contribution in [3.63, 3.8) is 0 Å². The lowest BCUT2D eigenvalue weighted by Gasteiger charge is -2.21. The standard InChI is InChI=1S/C79H154O17P2/c1-7-9-11-13-14-15-16-17-18-19-20-21-25-28-31-34-39-44-50-56-62-77(82)90-68-75(96-78(83)63-57-51-45-40-35-32-29-26-23-22-24-27-30-33-37-42-48-53-59-71(3)4)70-94-98(87,88)92-66-73(80)65-91-97(85,86)93-69-74(67-89-76(81)61-55-47-12-10-8-2)95-79(84)64-58-52-46-41-36-38-43-49-54-60-72(5)6/h71-75,80H,7-70H2,1-6H3,(H,85,86)(H,87,88)/t73-,74+,75+/m0/s1. The van der Waals surface area contributed by atoms with Gasteiger partial charge in [-0.25, -0.2) is 9.13 Å². The maximum Gasteiger partial charge on any atom is 0.472 e. The second-order valence-corrected chi connectivity index (χ2v) is 32.3. The van der Waals surface area contributed by atoms with Gasteiger partial charge in [0, 0.05) is 25.7 Å². The molecular weight excluding hydrogens is 1280 g/mol. The molecule has 0 amide bonds. The van der Waals surface area contributed by atoms with Gasteiger partial charge >= 0.3 is 39.5 Å². The van der Waals surface area contributed by atoms with Crippen LogP contribution in [-0.2, 0) is 65.4 Å². The van der Waals surface area contributed by atoms with E-state index in [4.69, 9.17) is 37.0 Å². The van der Waals surface area contributed by atoms with Crippen molar-refractivity contribution in [1.82, 2.24) is 0 Å². The Morgan fingerprint density at radius 1 is 0.276 bits per heavy atom. The molecule has 3 N–H and O–H groups in total. The molecule has 0 aliphatic rings. The van der Waals surface area contributed by atoms with Gasteiger partial charge in [0.25, 0.3) is 0 Å². The van der Waals surface area contributed by atoms with Gasteiger partial charge in [-0.05, 0) is 37.5 Å². The van der Waals surface area contributed by atoms with Gasteiger partial charge in [-0.15, -0.1) is 0 Å². The lowest BCUT2D eigenvalue weighted by Crippen LogP contribution is -2.30. The molecule has 0 aliphatic carbocycles. The molecule has 0 fully saturated rings. The molecule has 0 rings (SSSR count). The fourth-order valence-electron chi connectivity index (χ4n) is 12.2. The van der Waals surface area contributed by atoms with Crippen molar-refractivity contribution in [2.45, 2.75) is 432 Å². The summed E-state index contributed by atoms with van der Waals surface area (Å²) in [6, 6.07) is 0. The highest BCUT2D eigenvalue weighted by atomic mass is 31.2. The average Bonchev–Trinajstić information content (AvgIpc) is 0.984. The zero-order valence-corrected chi connectivity index (χ0v) is 65.9. The number of hydrogen-bond acceptors (Lipinski definition) is 15. The fraction of sp³-hybridized carbons (Fsp3) is 0.949. The van der Waals surface area contributed by atoms with Crippen molar-refractivity contribution in [3.05, 3.63) is 0 Å². The number of phosphoric ester groups is 2. The Morgan fingerprint density at radius 3 is 0.694 bits per heavy atom. The van der Waals surface area contributed by atoms with Gasteiger partial charge < -0.3 is 33.8 Å². The van der Waals surface area contributed by atoms with Crippen LogP contribution in [0.4, 0.5) is 0 Å². The summed E-state index contributed by atoms with van der Waals surface area (Å²) in [7, 11) is -9.90. The fourth-order valence-corrected chi connectivity index (χ4v) is 13.8. The number of phosphoric acid groups is 2. The largest absolute Gasteiger partial charge is 0.472 e. The zero-order valence-electron chi connectivity index (χ0n) is 64.1. The quantitative estimate of drug-likeness (QED) is 0.0222. The summed E-state index contributed by atoms with van der Waals surface area (Å²) in [5.41, 5.74) is 0. The van der Waals surface area contributed by atoms with E-state index < -0.39 is 97.5 Å². The van der Waals surface area contributed by atoms with Crippen LogP contribution in [0.3, 0.4) is 0 Å². The minimum atomic E-state index is -4.96. The first kappa shape index (κ1) is 96.1. The van der Waals surface area contributed by atoms with E-state index in [9.17, 15) is 43.2 Å². The summed E-state index contributed by atoms with van der Waals surface area (Å²) in [5.74, 6) is -0.568. The van der Waals surface area contributed by atoms with Crippen molar-refractivity contribution in [2.75, 3.05) is 39.6 Å². The van der Waals surface area contributed by atoms with Gasteiger partial charge in [0.1, 0.15) is 19.3 Å². The van der Waals surface area contributed by atoms with E-state index in [-0.39, 0.29) is 25.7 Å². The summed E-state index contributed by atoms with van der Waals surface area (Å²) in [4.78, 5) is 72.6. The minimum absolute atomic E-state index is 0.105. The molecule has 2 unspecified atom stereocenters. The van der Waals surface area contributed by atoms with Crippen LogP contribution >= 0.6 is 15.6 Å². The molecule has 98 heavy (non-hydrogen) atoms. The Labute approximate surface area is 600 Å². The first-order valence-electron chi connectivity index (χ1n) is 41.0. The Balaban J connectivity index is 5.11. The van der Waals surface area contributed by atoms with Gasteiger partial charge in [0.2, 0.25) is 0 Å². The molecule has 0 aromatic carbocycles. The van der Waals surface area contributed by atoms with Gasteiger partial charge in [0.15, 0.2) is 12.2 Å². The van der Waals surface area contributed by atoms with Gasteiger partial charge in [-0.3, -0.25) is 37.3 Å². The average molecular weight is 1440 g/mol. The van der Waals surface area contributed by atoms with Crippen LogP contribution in [0.15, 0.2) is 0 Å². The van der Waals surface area contributed by atoms with Crippen LogP contribution in [0.2, 0.25) is 0 Å². The van der Waals surface area contributed by atoms with Crippen LogP contribution in [0, 0.1) is 11.8 Å². The lowest BCUT2D eigenvalue weighted by atomic mass is 10.0. The maximum atomic E-state index is 13.1. The number of aliphatic hydroxyl groups is 1. The summed E-state index contributed by atoms with van der Waals surface area (Å²) in [6.07, 6.45) is 60.3. The second kappa shape index (κ2) is 70.7. The lowest BCUT2D eigenvalue weighted by molar-refractivity contribution is -0.161. The predicted octanol–water partition coefficient (Wildman–Crippen LogP) is 23.5. The monoisotopic (exact) mass is 1440 g/mol. The third kappa shape index (κ3) is 72.4. The number of esters is 4. The van der Waals surface area contributed by atoms with E-state index in [0.717, 1.165) is 108 Å². The summed E-state index contributed by atoms with van der Waals surface area (Å²) in [5, 5.41) is 10.6. The molecule has 0 saturated heterocycles. The molecule has 0 saturated carbocycles. The first-order chi connectivity index (χ1) is 47.4. The molecule has 0 heterocycles. The van der Waals surface area contributed by atoms with Crippen LogP contribution in [0.1, 0.15) is 414 Å². The Bertz CT molecular complexity index is 1890. The van der Waals surface area contributed by atoms with Crippen molar-refractivity contribution < 1.29 is 80.2 Å². The minimum Gasteiger partial charge on any atom is -0.462 e. The molecule has 19 heteroatoms. The molecule has 0 aromatic rings. The van der Waals surface area contributed by atoms with E-state index in [1.54, 1.807) is 0 Å². The highest BCUT2D eigenvalue weighted by Crippen LogP contribution is 2.45. The number of unbranched alkanes of at least 4 members (excludes halogenated alkanes) is 48. The molecule has 5 atom stereocenters. The highest BCUT2D eigenvalue weighted by molar-refractivity contribution is 7.47. The van der Waals surface area contributed by atoms with E-state index in [0.29, 0.717) is 25.7 Å². The molecule has 0 aliphatic heterocycles. The third-order valence-corrected chi connectivity index (χ3v) is 20.4. The second-order valence-electron chi connectivity index (χ2n) is 29.4. The molecule has 0 bridgehead atoms. The highest BCUT2D eigenvalue weighted by Gasteiger charge is 2.30. The summed E-state index contributed by atoms with van der Waals surface area (Å²) < 4.78 is 68.4. The van der Waals surface area contributed by atoms with Gasteiger partial charge in [-0.2, -0.15) is 0 Å². The summed E-state index contributed by atoms with van der Waals surface area (Å²) >= 11 is 0. The number of hydrogen-bond donors (Lipinski definition) is 3. The van der Waals surface area contributed by atoms with Crippen LogP contribution in [0.5, 0.6) is 0 Å². The van der Waals surface area contributed by atoms with Crippen LogP contribution < -0.4 is 0 Å². The number of carbonyl (C=O) groups is 4. The maximum absolute atomic E-state index is 13.1. The van der Waals surface area contributed by atoms with Crippen molar-refractivity contribution in [3.8, 4) is 0 Å². The molecule has 582 valence electrons. The molecule has 0 radical (unpaired) electrons. The Kier molecular flexibility index (Phi) is 69.3. The van der Waals surface area contributed by atoms with Crippen molar-refractivity contribution in [1.29, 1.82) is 0 Å². The molecular formula is C79H154O17P2. The van der Waals surface area contributed by atoms with E-state index in [2.05, 4.69) is 41.5 Å². The summed E-state index contributed by atoms with van der Waals surface area (Å²) in [6.45, 7) is 9.53. The number of rotatable bonds is 78. The first-order valence-corrected chi connectivity index (χ1v) is 44.0.